The van der Waals surface area contributed by atoms with E-state index in [1.165, 1.54) is 0 Å². The second kappa shape index (κ2) is 3.66. The normalized spacial score (nSPS) is 42.1. The Morgan fingerprint density at radius 2 is 1.85 bits per heavy atom. The second-order valence-electron chi connectivity index (χ2n) is 8.01. The number of rotatable bonds is 2. The van der Waals surface area contributed by atoms with Crippen molar-refractivity contribution in [1.82, 2.24) is 0 Å². The molecule has 20 heavy (non-hydrogen) atoms. The molecule has 5 nitrogen and oxygen atoms in total. The Bertz CT molecular complexity index is 467. The van der Waals surface area contributed by atoms with E-state index < -0.39 is 25.8 Å². The minimum Gasteiger partial charge on any atom is -0.454 e. The summed E-state index contributed by atoms with van der Waals surface area (Å²) in [5.41, 5.74) is -0.712. The first-order valence-corrected chi connectivity index (χ1v) is 10.1. The van der Waals surface area contributed by atoms with Gasteiger partial charge in [-0.05, 0) is 32.0 Å². The molecule has 3 aliphatic rings. The fourth-order valence-electron chi connectivity index (χ4n) is 2.84. The van der Waals surface area contributed by atoms with E-state index in [9.17, 15) is 4.79 Å². The van der Waals surface area contributed by atoms with E-state index in [2.05, 4.69) is 33.9 Å². The average molecular weight is 300 g/mol. The topological polar surface area (TPSA) is 54.0 Å². The van der Waals surface area contributed by atoms with Crippen LogP contribution in [0.1, 0.15) is 34.6 Å². The molecule has 2 saturated heterocycles. The molecule has 3 fully saturated rings. The maximum absolute atomic E-state index is 11.8. The highest BCUT2D eigenvalue weighted by Crippen LogP contribution is 2.61. The molecule has 1 aliphatic carbocycles. The number of esters is 1. The lowest BCUT2D eigenvalue weighted by molar-refractivity contribution is -0.179. The summed E-state index contributed by atoms with van der Waals surface area (Å²) in [4.78, 5) is 11.8. The zero-order valence-corrected chi connectivity index (χ0v) is 14.3. The van der Waals surface area contributed by atoms with E-state index in [0.717, 1.165) is 0 Å². The molecule has 6 heteroatoms. The van der Waals surface area contributed by atoms with Gasteiger partial charge in [-0.2, -0.15) is 0 Å². The average Bonchev–Trinajstić information content (AvgIpc) is 2.57. The van der Waals surface area contributed by atoms with Crippen LogP contribution in [-0.4, -0.2) is 44.0 Å². The zero-order chi connectivity index (χ0) is 15.1. The number of carbonyl (C=O) groups is 1. The molecule has 4 atom stereocenters. The van der Waals surface area contributed by atoms with E-state index in [0.29, 0.717) is 0 Å². The lowest BCUT2D eigenvalue weighted by Crippen LogP contribution is -2.45. The van der Waals surface area contributed by atoms with Crippen LogP contribution in [0, 0.1) is 0 Å². The van der Waals surface area contributed by atoms with Crippen LogP contribution in [0.15, 0.2) is 0 Å². The molecular weight excluding hydrogens is 276 g/mol. The van der Waals surface area contributed by atoms with Gasteiger partial charge in [-0.3, -0.25) is 0 Å². The summed E-state index contributed by atoms with van der Waals surface area (Å²) in [5.74, 6) is -1.08. The van der Waals surface area contributed by atoms with Gasteiger partial charge in [0.1, 0.15) is 6.10 Å². The predicted octanol–water partition coefficient (Wildman–Crippen LogP) is 2.21. The molecule has 1 unspecified atom stereocenters. The Balaban J connectivity index is 1.82. The molecule has 0 radical (unpaired) electrons. The lowest BCUT2D eigenvalue weighted by Gasteiger charge is -2.36. The minimum atomic E-state index is -1.93. The zero-order valence-electron chi connectivity index (χ0n) is 13.3. The first kappa shape index (κ1) is 14.5. The van der Waals surface area contributed by atoms with Crippen LogP contribution in [0.2, 0.25) is 18.1 Å². The summed E-state index contributed by atoms with van der Waals surface area (Å²) < 4.78 is 23.5. The van der Waals surface area contributed by atoms with Gasteiger partial charge in [-0.15, -0.1) is 0 Å². The van der Waals surface area contributed by atoms with Crippen molar-refractivity contribution in [2.45, 2.75) is 82.5 Å². The summed E-state index contributed by atoms with van der Waals surface area (Å²) in [6.45, 7) is 14.6. The molecule has 2 aliphatic heterocycles. The molecule has 114 valence electrons. The predicted molar refractivity (Wildman–Crippen MR) is 74.7 cm³/mol. The molecular formula is C14H24O5Si. The maximum Gasteiger partial charge on any atom is 0.339 e. The quantitative estimate of drug-likeness (QED) is 0.578. The van der Waals surface area contributed by atoms with E-state index in [1.54, 1.807) is 0 Å². The van der Waals surface area contributed by atoms with Crippen LogP contribution in [0.25, 0.3) is 0 Å². The molecule has 0 amide bonds. The third-order valence-corrected chi connectivity index (χ3v) is 9.43. The Labute approximate surface area is 121 Å². The van der Waals surface area contributed by atoms with Crippen LogP contribution < -0.4 is 0 Å². The molecule has 1 spiro atoms. The van der Waals surface area contributed by atoms with Gasteiger partial charge >= 0.3 is 5.97 Å². The van der Waals surface area contributed by atoms with Crippen molar-refractivity contribution in [1.29, 1.82) is 0 Å². The third-order valence-electron chi connectivity index (χ3n) is 4.97. The summed E-state index contributed by atoms with van der Waals surface area (Å²) in [7, 11) is -1.93. The summed E-state index contributed by atoms with van der Waals surface area (Å²) in [5, 5.41) is 0.106. The van der Waals surface area contributed by atoms with Crippen molar-refractivity contribution in [3.05, 3.63) is 0 Å². The van der Waals surface area contributed by atoms with Gasteiger partial charge in [0.05, 0.1) is 0 Å². The van der Waals surface area contributed by atoms with E-state index in [4.69, 9.17) is 18.6 Å². The van der Waals surface area contributed by atoms with Gasteiger partial charge in [-0.25, -0.2) is 4.79 Å². The maximum atomic E-state index is 11.8. The summed E-state index contributed by atoms with van der Waals surface area (Å²) in [6, 6.07) is 0. The smallest absolute Gasteiger partial charge is 0.339 e. The van der Waals surface area contributed by atoms with Crippen LogP contribution in [0.3, 0.4) is 0 Å². The van der Waals surface area contributed by atoms with Gasteiger partial charge < -0.3 is 18.6 Å². The standard InChI is InChI=1S/C14H24O5Si/c1-12(2,3)20(6,7)18-9-8-14(9)10(11(15)16-8)17-13(4,5)19-14/h8-10H,1-7H3/t8-,9?,10+,14+/m1/s1. The van der Waals surface area contributed by atoms with E-state index in [1.807, 2.05) is 13.8 Å². The Hall–Kier alpha value is -0.433. The molecule has 0 N–H and O–H groups in total. The minimum absolute atomic E-state index is 0.106. The van der Waals surface area contributed by atoms with Gasteiger partial charge in [0.25, 0.3) is 0 Å². The van der Waals surface area contributed by atoms with Crippen LogP contribution in [0.4, 0.5) is 0 Å². The highest BCUT2D eigenvalue weighted by atomic mass is 28.4. The fraction of sp³-hybridized carbons (Fsp3) is 0.929. The number of hydrogen-bond donors (Lipinski definition) is 0. The van der Waals surface area contributed by atoms with Crippen LogP contribution in [0.5, 0.6) is 0 Å². The van der Waals surface area contributed by atoms with Crippen LogP contribution in [-0.2, 0) is 23.4 Å². The van der Waals surface area contributed by atoms with Gasteiger partial charge in [0.15, 0.2) is 31.9 Å². The molecule has 0 aromatic rings. The molecule has 1 saturated carbocycles. The number of hydrogen-bond acceptors (Lipinski definition) is 5. The first-order chi connectivity index (χ1) is 8.91. The SMILES string of the molecule is CC1(C)O[C@H]2C(=O)O[C@@H]3C(O[Si](C)(C)C(C)(C)C)[C@@]32O1. The highest BCUT2D eigenvalue weighted by molar-refractivity contribution is 6.74. The largest absolute Gasteiger partial charge is 0.454 e. The fourth-order valence-corrected chi connectivity index (χ4v) is 4.13. The molecule has 0 aromatic carbocycles. The van der Waals surface area contributed by atoms with Crippen LogP contribution >= 0.6 is 0 Å². The Morgan fingerprint density at radius 1 is 1.25 bits per heavy atom. The van der Waals surface area contributed by atoms with Gasteiger partial charge in [0, 0.05) is 0 Å². The Morgan fingerprint density at radius 3 is 2.40 bits per heavy atom. The van der Waals surface area contributed by atoms with Crippen molar-refractivity contribution in [2.24, 2.45) is 0 Å². The molecule has 2 heterocycles. The van der Waals surface area contributed by atoms with Crippen molar-refractivity contribution in [3.8, 4) is 0 Å². The van der Waals surface area contributed by atoms with Crippen molar-refractivity contribution in [3.63, 3.8) is 0 Å². The number of ether oxygens (including phenoxy) is 3. The highest BCUT2D eigenvalue weighted by Gasteiger charge is 2.86. The monoisotopic (exact) mass is 300 g/mol. The van der Waals surface area contributed by atoms with Crippen molar-refractivity contribution < 1.29 is 23.4 Å². The lowest BCUT2D eigenvalue weighted by atomic mass is 10.2. The van der Waals surface area contributed by atoms with E-state index in [-0.39, 0.29) is 23.2 Å². The number of carbonyl (C=O) groups excluding carboxylic acids is 1. The van der Waals surface area contributed by atoms with Crippen molar-refractivity contribution in [2.75, 3.05) is 0 Å². The first-order valence-electron chi connectivity index (χ1n) is 7.17. The third kappa shape index (κ3) is 1.74. The molecule has 0 bridgehead atoms. The molecule has 0 aromatic heterocycles. The summed E-state index contributed by atoms with van der Waals surface area (Å²) in [6.07, 6.45) is -1.14. The second-order valence-corrected chi connectivity index (χ2v) is 12.8. The van der Waals surface area contributed by atoms with Gasteiger partial charge in [-0.1, -0.05) is 20.8 Å². The van der Waals surface area contributed by atoms with Crippen molar-refractivity contribution >= 4 is 14.3 Å². The summed E-state index contributed by atoms with van der Waals surface area (Å²) >= 11 is 0. The van der Waals surface area contributed by atoms with Gasteiger partial charge in [0.2, 0.25) is 0 Å². The van der Waals surface area contributed by atoms with E-state index >= 15 is 0 Å². The Kier molecular flexibility index (Phi) is 2.65. The molecule has 3 rings (SSSR count).